The Morgan fingerprint density at radius 3 is 2.43 bits per heavy atom. The molecule has 1 aromatic carbocycles. The lowest BCUT2D eigenvalue weighted by Crippen LogP contribution is -2.36. The molecule has 1 N–H and O–H groups in total. The summed E-state index contributed by atoms with van der Waals surface area (Å²) in [7, 11) is -0.707. The summed E-state index contributed by atoms with van der Waals surface area (Å²) in [5.74, 6) is 0. The molecule has 1 nitrogen and oxygen atoms in total. The van der Waals surface area contributed by atoms with Gasteiger partial charge in [-0.05, 0) is 30.6 Å². The Hall–Kier alpha value is -0.603. The second-order valence-corrected chi connectivity index (χ2v) is 6.78. The van der Waals surface area contributed by atoms with Gasteiger partial charge in [0.15, 0.2) is 0 Å². The number of benzene rings is 1. The Morgan fingerprint density at radius 2 is 1.86 bits per heavy atom. The average Bonchev–Trinajstić information content (AvgIpc) is 2.25. The van der Waals surface area contributed by atoms with Gasteiger partial charge in [0.1, 0.15) is 8.96 Å². The lowest BCUT2D eigenvalue weighted by molar-refractivity contribution is 0.840. The second kappa shape index (κ2) is 6.79. The van der Waals surface area contributed by atoms with Crippen molar-refractivity contribution in [2.45, 2.75) is 32.4 Å². The van der Waals surface area contributed by atoms with Crippen molar-refractivity contribution in [2.24, 2.45) is 0 Å². The van der Waals surface area contributed by atoms with Crippen molar-refractivity contribution in [3.8, 4) is 0 Å². The van der Waals surface area contributed by atoms with E-state index in [1.807, 2.05) is 0 Å². The van der Waals surface area contributed by atoms with Gasteiger partial charge in [-0.1, -0.05) is 44.2 Å². The van der Waals surface area contributed by atoms with E-state index in [-0.39, 0.29) is 0 Å². The van der Waals surface area contributed by atoms with Gasteiger partial charge in [-0.3, -0.25) is 0 Å². The van der Waals surface area contributed by atoms with E-state index in [1.54, 1.807) is 0 Å². The summed E-state index contributed by atoms with van der Waals surface area (Å²) in [6.07, 6.45) is 1.25. The van der Waals surface area contributed by atoms with Gasteiger partial charge in [0, 0.05) is 0 Å². The monoisotopic (exact) mass is 207 g/mol. The molecule has 2 heteroatoms. The van der Waals surface area contributed by atoms with Gasteiger partial charge >= 0.3 is 0 Å². The van der Waals surface area contributed by atoms with E-state index in [9.17, 15) is 0 Å². The van der Waals surface area contributed by atoms with Crippen LogP contribution in [0.15, 0.2) is 30.3 Å². The van der Waals surface area contributed by atoms with Crippen molar-refractivity contribution >= 4 is 8.96 Å². The Morgan fingerprint density at radius 1 is 1.14 bits per heavy atom. The van der Waals surface area contributed by atoms with Gasteiger partial charge in [0.25, 0.3) is 0 Å². The van der Waals surface area contributed by atoms with E-state index >= 15 is 0 Å². The van der Waals surface area contributed by atoms with Gasteiger partial charge in [-0.15, -0.1) is 0 Å². The summed E-state index contributed by atoms with van der Waals surface area (Å²) < 4.78 is 0. The van der Waals surface area contributed by atoms with Crippen LogP contribution >= 0.6 is 0 Å². The van der Waals surface area contributed by atoms with Crippen LogP contribution in [0.5, 0.6) is 0 Å². The largest absolute Gasteiger partial charge is 0.339 e. The van der Waals surface area contributed by atoms with Crippen molar-refractivity contribution < 1.29 is 0 Å². The molecule has 0 saturated heterocycles. The second-order valence-electron chi connectivity index (χ2n) is 3.75. The lowest BCUT2D eigenvalue weighted by Gasteiger charge is -2.14. The maximum absolute atomic E-state index is 3.71. The Bertz CT molecular complexity index is 235. The van der Waals surface area contributed by atoms with Crippen LogP contribution in [0.1, 0.15) is 25.8 Å². The zero-order chi connectivity index (χ0) is 10.2. The molecule has 1 aromatic rings. The molecule has 14 heavy (non-hydrogen) atoms. The van der Waals surface area contributed by atoms with Crippen LogP contribution in [0, 0.1) is 0 Å². The third kappa shape index (κ3) is 4.07. The average molecular weight is 207 g/mol. The summed E-state index contributed by atoms with van der Waals surface area (Å²) >= 11 is 0. The van der Waals surface area contributed by atoms with Crippen molar-refractivity contribution in [1.82, 2.24) is 4.98 Å². The first-order valence-electron chi connectivity index (χ1n) is 5.64. The first-order valence-corrected chi connectivity index (χ1v) is 7.85. The van der Waals surface area contributed by atoms with E-state index in [4.69, 9.17) is 0 Å². The molecule has 0 aliphatic rings. The minimum atomic E-state index is -0.707. The molecular formula is C12H21NSi. The highest BCUT2D eigenvalue weighted by molar-refractivity contribution is 6.55. The standard InChI is InChI=1S/C12H21NSi/c1-3-10-13-14(4-2)11-12-8-6-5-7-9-12/h5-9,13-14H,3-4,10-11H2,1-2H3. The van der Waals surface area contributed by atoms with E-state index in [1.165, 1.54) is 30.6 Å². The van der Waals surface area contributed by atoms with Crippen molar-refractivity contribution in [3.63, 3.8) is 0 Å². The van der Waals surface area contributed by atoms with Gasteiger partial charge in [-0.25, -0.2) is 0 Å². The predicted octanol–water partition coefficient (Wildman–Crippen LogP) is 2.51. The molecule has 0 radical (unpaired) electrons. The molecule has 0 saturated carbocycles. The molecular weight excluding hydrogens is 186 g/mol. The number of nitrogens with one attached hydrogen (secondary N) is 1. The normalized spacial score (nSPS) is 12.7. The molecule has 0 spiro atoms. The molecule has 0 heterocycles. The summed E-state index contributed by atoms with van der Waals surface area (Å²) in [6.45, 7) is 5.73. The summed E-state index contributed by atoms with van der Waals surface area (Å²) in [5.41, 5.74) is 1.50. The maximum Gasteiger partial charge on any atom is 0.113 e. The van der Waals surface area contributed by atoms with E-state index in [2.05, 4.69) is 49.2 Å². The van der Waals surface area contributed by atoms with Gasteiger partial charge in [0.2, 0.25) is 0 Å². The minimum Gasteiger partial charge on any atom is -0.339 e. The maximum atomic E-state index is 3.71. The molecule has 78 valence electrons. The highest BCUT2D eigenvalue weighted by Gasteiger charge is 2.07. The van der Waals surface area contributed by atoms with Crippen molar-refractivity contribution in [2.75, 3.05) is 6.54 Å². The highest BCUT2D eigenvalue weighted by Crippen LogP contribution is 2.03. The molecule has 0 amide bonds. The smallest absolute Gasteiger partial charge is 0.113 e. The Kier molecular flexibility index (Phi) is 5.57. The topological polar surface area (TPSA) is 12.0 Å². The van der Waals surface area contributed by atoms with E-state index in [0.717, 1.165) is 0 Å². The summed E-state index contributed by atoms with van der Waals surface area (Å²) in [5, 5.41) is 0. The Labute approximate surface area is 89.2 Å². The van der Waals surface area contributed by atoms with Crippen LogP contribution < -0.4 is 4.98 Å². The van der Waals surface area contributed by atoms with Gasteiger partial charge < -0.3 is 4.98 Å². The molecule has 0 aliphatic carbocycles. The van der Waals surface area contributed by atoms with Crippen LogP contribution in [-0.2, 0) is 6.04 Å². The SMILES string of the molecule is CCCN[SiH](CC)Cc1ccccc1. The highest BCUT2D eigenvalue weighted by atomic mass is 28.3. The third-order valence-corrected chi connectivity index (χ3v) is 5.32. The fourth-order valence-corrected chi connectivity index (χ4v) is 3.87. The number of rotatable bonds is 6. The fraction of sp³-hybridized carbons (Fsp3) is 0.500. The van der Waals surface area contributed by atoms with Crippen LogP contribution in [0.4, 0.5) is 0 Å². The van der Waals surface area contributed by atoms with Crippen molar-refractivity contribution in [1.29, 1.82) is 0 Å². The molecule has 1 rings (SSSR count). The van der Waals surface area contributed by atoms with Crippen LogP contribution in [-0.4, -0.2) is 15.5 Å². The predicted molar refractivity (Wildman–Crippen MR) is 66.1 cm³/mol. The van der Waals surface area contributed by atoms with E-state index < -0.39 is 8.96 Å². The quantitative estimate of drug-likeness (QED) is 0.707. The molecule has 0 fully saturated rings. The first kappa shape index (κ1) is 11.5. The molecule has 1 atom stereocenters. The van der Waals surface area contributed by atoms with Gasteiger partial charge in [-0.2, -0.15) is 0 Å². The van der Waals surface area contributed by atoms with Crippen LogP contribution in [0.3, 0.4) is 0 Å². The first-order chi connectivity index (χ1) is 6.86. The third-order valence-electron chi connectivity index (χ3n) is 2.50. The molecule has 0 aliphatic heterocycles. The molecule has 1 unspecified atom stereocenters. The minimum absolute atomic E-state index is 0.707. The van der Waals surface area contributed by atoms with Crippen molar-refractivity contribution in [3.05, 3.63) is 35.9 Å². The van der Waals surface area contributed by atoms with E-state index in [0.29, 0.717) is 0 Å². The zero-order valence-electron chi connectivity index (χ0n) is 9.29. The molecule has 0 bridgehead atoms. The fourth-order valence-electron chi connectivity index (χ4n) is 1.61. The van der Waals surface area contributed by atoms with Gasteiger partial charge in [0.05, 0.1) is 0 Å². The van der Waals surface area contributed by atoms with Crippen LogP contribution in [0.2, 0.25) is 6.04 Å². The summed E-state index contributed by atoms with van der Waals surface area (Å²) in [6, 6.07) is 13.5. The summed E-state index contributed by atoms with van der Waals surface area (Å²) in [4.78, 5) is 3.71. The number of hydrogen-bond donors (Lipinski definition) is 1. The van der Waals surface area contributed by atoms with Crippen LogP contribution in [0.25, 0.3) is 0 Å². The lowest BCUT2D eigenvalue weighted by atomic mass is 10.2. The molecule has 0 aromatic heterocycles. The number of hydrogen-bond acceptors (Lipinski definition) is 1. The zero-order valence-corrected chi connectivity index (χ0v) is 10.4. The Balaban J connectivity index is 2.40.